The van der Waals surface area contributed by atoms with Crippen molar-refractivity contribution in [1.82, 2.24) is 19.4 Å². The number of hydrogen-bond donors (Lipinski definition) is 0. The van der Waals surface area contributed by atoms with Crippen molar-refractivity contribution in [2.24, 2.45) is 0 Å². The Kier molecular flexibility index (Phi) is 5.63. The maximum Gasteiger partial charge on any atom is 0.275 e. The van der Waals surface area contributed by atoms with Crippen molar-refractivity contribution in [3.8, 4) is 11.4 Å². The second-order valence-electron chi connectivity index (χ2n) is 9.40. The lowest BCUT2D eigenvalue weighted by molar-refractivity contribution is 0.0306. The Labute approximate surface area is 201 Å². The van der Waals surface area contributed by atoms with Crippen LogP contribution in [0, 0.1) is 0 Å². The quantitative estimate of drug-likeness (QED) is 0.572. The summed E-state index contributed by atoms with van der Waals surface area (Å²) in [5.74, 6) is 0.760. The van der Waals surface area contributed by atoms with Gasteiger partial charge in [0.2, 0.25) is 0 Å². The van der Waals surface area contributed by atoms with Crippen LogP contribution in [0.3, 0.4) is 0 Å². The molecule has 1 amide bonds. The van der Waals surface area contributed by atoms with Gasteiger partial charge in [-0.15, -0.1) is 11.3 Å². The normalized spacial score (nSPS) is 25.1. The number of thiophene rings is 1. The number of carbonyl (C=O) groups excluding carboxylic acids is 1. The van der Waals surface area contributed by atoms with Crippen LogP contribution in [0.5, 0.6) is 5.75 Å². The van der Waals surface area contributed by atoms with Crippen LogP contribution in [-0.4, -0.2) is 76.8 Å². The van der Waals surface area contributed by atoms with E-state index in [0.717, 1.165) is 24.3 Å². The van der Waals surface area contributed by atoms with Gasteiger partial charge in [-0.3, -0.25) is 14.2 Å². The van der Waals surface area contributed by atoms with Crippen molar-refractivity contribution in [3.63, 3.8) is 0 Å². The smallest absolute Gasteiger partial charge is 0.275 e. The highest BCUT2D eigenvalue weighted by Gasteiger charge is 2.39. The molecule has 8 nitrogen and oxygen atoms in total. The zero-order valence-corrected chi connectivity index (χ0v) is 20.0. The Hall–Kier alpha value is -2.75. The predicted molar refractivity (Wildman–Crippen MR) is 130 cm³/mol. The molecule has 3 saturated heterocycles. The van der Waals surface area contributed by atoms with Gasteiger partial charge in [-0.05, 0) is 63.1 Å². The van der Waals surface area contributed by atoms with Gasteiger partial charge in [0, 0.05) is 25.2 Å². The molecule has 3 aromatic rings. The summed E-state index contributed by atoms with van der Waals surface area (Å²) in [6, 6.07) is 10.6. The van der Waals surface area contributed by atoms with Gasteiger partial charge in [0.25, 0.3) is 11.5 Å². The van der Waals surface area contributed by atoms with Crippen molar-refractivity contribution in [3.05, 3.63) is 51.9 Å². The molecule has 6 rings (SSSR count). The molecular formula is C25H28N4O4S. The number of benzene rings is 1. The third-order valence-corrected chi connectivity index (χ3v) is 8.52. The molecule has 2 bridgehead atoms. The first kappa shape index (κ1) is 21.8. The predicted octanol–water partition coefficient (Wildman–Crippen LogP) is 2.92. The number of ether oxygens (including phenoxy) is 2. The van der Waals surface area contributed by atoms with E-state index in [-0.39, 0.29) is 17.6 Å². The monoisotopic (exact) mass is 480 g/mol. The number of morpholine rings is 1. The van der Waals surface area contributed by atoms with Gasteiger partial charge in [0.05, 0.1) is 29.3 Å². The molecule has 0 N–H and O–H groups in total. The van der Waals surface area contributed by atoms with Crippen LogP contribution in [0.4, 0.5) is 0 Å². The maximum atomic E-state index is 13.2. The van der Waals surface area contributed by atoms with E-state index in [0.29, 0.717) is 53.5 Å². The van der Waals surface area contributed by atoms with Gasteiger partial charge in [0.15, 0.2) is 0 Å². The summed E-state index contributed by atoms with van der Waals surface area (Å²) in [5, 5.41) is 0. The standard InChI is InChI=1S/C25H28N4O4S/c1-27-17-2-3-18(27)13-20(12-17)33-19-6-4-16(5-7-19)29-15-26-21-14-22(34-23(21)25(29)31)24(30)28-8-10-32-11-9-28/h4-7,14-15,17-18,20H,2-3,8-13H2,1H3/t17-,18+,20+. The number of fused-ring (bicyclic) bond motifs is 3. The van der Waals surface area contributed by atoms with Crippen LogP contribution in [0.25, 0.3) is 15.9 Å². The summed E-state index contributed by atoms with van der Waals surface area (Å²) < 4.78 is 13.6. The Morgan fingerprint density at radius 3 is 2.53 bits per heavy atom. The fourth-order valence-electron chi connectivity index (χ4n) is 5.46. The number of piperidine rings is 1. The third-order valence-electron chi connectivity index (χ3n) is 7.42. The van der Waals surface area contributed by atoms with Crippen molar-refractivity contribution in [2.45, 2.75) is 43.9 Å². The first-order chi connectivity index (χ1) is 16.6. The molecule has 0 spiro atoms. The van der Waals surface area contributed by atoms with E-state index in [9.17, 15) is 9.59 Å². The Morgan fingerprint density at radius 1 is 1.12 bits per heavy atom. The summed E-state index contributed by atoms with van der Waals surface area (Å²) >= 11 is 1.21. The number of amides is 1. The fraction of sp³-hybridized carbons (Fsp3) is 0.480. The van der Waals surface area contributed by atoms with E-state index >= 15 is 0 Å². The van der Waals surface area contributed by atoms with Gasteiger partial charge < -0.3 is 19.3 Å². The molecule has 2 aromatic heterocycles. The summed E-state index contributed by atoms with van der Waals surface area (Å²) in [4.78, 5) is 35.3. The molecule has 178 valence electrons. The van der Waals surface area contributed by atoms with Crippen molar-refractivity contribution >= 4 is 27.5 Å². The second kappa shape index (κ2) is 8.79. The molecule has 34 heavy (non-hydrogen) atoms. The minimum Gasteiger partial charge on any atom is -0.490 e. The average molecular weight is 481 g/mol. The van der Waals surface area contributed by atoms with Crippen LogP contribution in [0.15, 0.2) is 41.5 Å². The van der Waals surface area contributed by atoms with Crippen LogP contribution < -0.4 is 10.3 Å². The van der Waals surface area contributed by atoms with Gasteiger partial charge >= 0.3 is 0 Å². The molecule has 0 aliphatic carbocycles. The fourth-order valence-corrected chi connectivity index (χ4v) is 6.47. The van der Waals surface area contributed by atoms with Crippen LogP contribution >= 0.6 is 11.3 Å². The highest BCUT2D eigenvalue weighted by Crippen LogP contribution is 2.36. The third kappa shape index (κ3) is 3.91. The van der Waals surface area contributed by atoms with E-state index in [1.807, 2.05) is 24.3 Å². The number of carbonyl (C=O) groups is 1. The van der Waals surface area contributed by atoms with Gasteiger partial charge in [-0.2, -0.15) is 0 Å². The minimum atomic E-state index is -0.170. The van der Waals surface area contributed by atoms with Crippen LogP contribution in [0.2, 0.25) is 0 Å². The number of rotatable bonds is 4. The molecule has 5 heterocycles. The second-order valence-corrected chi connectivity index (χ2v) is 10.5. The minimum absolute atomic E-state index is 0.0684. The first-order valence-electron chi connectivity index (χ1n) is 11.9. The molecule has 3 aliphatic rings. The highest BCUT2D eigenvalue weighted by molar-refractivity contribution is 7.20. The molecule has 9 heteroatoms. The van der Waals surface area contributed by atoms with E-state index in [1.165, 1.54) is 35.1 Å². The topological polar surface area (TPSA) is 76.9 Å². The molecule has 0 unspecified atom stereocenters. The zero-order valence-electron chi connectivity index (χ0n) is 19.2. The molecule has 0 saturated carbocycles. The summed E-state index contributed by atoms with van der Waals surface area (Å²) in [6.07, 6.45) is 6.44. The molecular weight excluding hydrogens is 452 g/mol. The van der Waals surface area contributed by atoms with E-state index in [2.05, 4.69) is 16.9 Å². The highest BCUT2D eigenvalue weighted by atomic mass is 32.1. The molecule has 1 aromatic carbocycles. The van der Waals surface area contributed by atoms with Crippen LogP contribution in [0.1, 0.15) is 35.4 Å². The average Bonchev–Trinajstić information content (AvgIpc) is 3.37. The van der Waals surface area contributed by atoms with E-state index in [1.54, 1.807) is 11.0 Å². The van der Waals surface area contributed by atoms with E-state index in [4.69, 9.17) is 9.47 Å². The van der Waals surface area contributed by atoms with Gasteiger partial charge in [-0.1, -0.05) is 0 Å². The Bertz CT molecular complexity index is 1250. The van der Waals surface area contributed by atoms with Gasteiger partial charge in [-0.25, -0.2) is 4.98 Å². The zero-order chi connectivity index (χ0) is 23.2. The number of aromatic nitrogens is 2. The molecule has 3 atom stereocenters. The summed E-state index contributed by atoms with van der Waals surface area (Å²) in [7, 11) is 2.23. The van der Waals surface area contributed by atoms with Gasteiger partial charge in [0.1, 0.15) is 22.9 Å². The van der Waals surface area contributed by atoms with Crippen molar-refractivity contribution in [2.75, 3.05) is 33.4 Å². The lowest BCUT2D eigenvalue weighted by Gasteiger charge is -2.36. The molecule has 3 fully saturated rings. The van der Waals surface area contributed by atoms with Crippen LogP contribution in [-0.2, 0) is 4.74 Å². The first-order valence-corrected chi connectivity index (χ1v) is 12.8. The number of nitrogens with zero attached hydrogens (tertiary/aromatic N) is 4. The Morgan fingerprint density at radius 2 is 1.82 bits per heavy atom. The summed E-state index contributed by atoms with van der Waals surface area (Å²) in [5.41, 5.74) is 1.11. The molecule has 3 aliphatic heterocycles. The maximum absolute atomic E-state index is 13.2. The Balaban J connectivity index is 1.20. The van der Waals surface area contributed by atoms with E-state index < -0.39 is 0 Å². The lowest BCUT2D eigenvalue weighted by atomic mass is 10.0. The van der Waals surface area contributed by atoms with Crippen molar-refractivity contribution < 1.29 is 14.3 Å². The largest absolute Gasteiger partial charge is 0.490 e. The SMILES string of the molecule is CN1[C@@H]2CC[C@H]1C[C@@H](Oc1ccc(-n3cnc4cc(C(=O)N5CCOCC5)sc4c3=O)cc1)C2. The summed E-state index contributed by atoms with van der Waals surface area (Å²) in [6.45, 7) is 2.22. The lowest BCUT2D eigenvalue weighted by Crippen LogP contribution is -2.43. The number of hydrogen-bond acceptors (Lipinski definition) is 7. The molecule has 0 radical (unpaired) electrons. The van der Waals surface area contributed by atoms with Crippen molar-refractivity contribution in [1.29, 1.82) is 0 Å².